The molecule has 30 heavy (non-hydrogen) atoms. The Morgan fingerprint density at radius 1 is 1.13 bits per heavy atom. The van der Waals surface area contributed by atoms with E-state index < -0.39 is 59.0 Å². The van der Waals surface area contributed by atoms with Gasteiger partial charge in [0, 0.05) is 30.9 Å². The smallest absolute Gasteiger partial charge is 0.335 e. The molecule has 0 saturated carbocycles. The number of nitrogens with zero attached hydrogens (tertiary/aromatic N) is 1. The van der Waals surface area contributed by atoms with Crippen LogP contribution in [0.15, 0.2) is 18.2 Å². The van der Waals surface area contributed by atoms with Gasteiger partial charge in [-0.2, -0.15) is 0 Å². The highest BCUT2D eigenvalue weighted by molar-refractivity contribution is 6.30. The minimum absolute atomic E-state index is 0.0917. The molecule has 1 aliphatic rings. The second kappa shape index (κ2) is 9.72. The number of nitro groups is 1. The maximum atomic E-state index is 12.2. The zero-order valence-corrected chi connectivity index (χ0v) is 17.3. The lowest BCUT2D eigenvalue weighted by Crippen LogP contribution is -2.60. The molecule has 5 atom stereocenters. The van der Waals surface area contributed by atoms with Gasteiger partial charge in [-0.1, -0.05) is 18.5 Å². The van der Waals surface area contributed by atoms with Crippen LogP contribution in [0.1, 0.15) is 20.8 Å². The van der Waals surface area contributed by atoms with E-state index in [-0.39, 0.29) is 10.8 Å². The van der Waals surface area contributed by atoms with Crippen molar-refractivity contribution in [1.82, 2.24) is 0 Å². The van der Waals surface area contributed by atoms with Crippen LogP contribution in [0.5, 0.6) is 5.75 Å². The maximum absolute atomic E-state index is 12.2. The van der Waals surface area contributed by atoms with E-state index >= 15 is 0 Å². The van der Waals surface area contributed by atoms with Crippen molar-refractivity contribution in [2.24, 2.45) is 5.92 Å². The van der Waals surface area contributed by atoms with E-state index in [0.717, 1.165) is 27.0 Å². The Kier molecular flexibility index (Phi) is 7.57. The van der Waals surface area contributed by atoms with Crippen LogP contribution in [0, 0.1) is 16.0 Å². The Bertz CT molecular complexity index is 844. The summed E-state index contributed by atoms with van der Waals surface area (Å²) in [4.78, 5) is 46.1. The van der Waals surface area contributed by atoms with E-state index in [1.807, 2.05) is 0 Å². The molecule has 2 rings (SSSR count). The quantitative estimate of drug-likeness (QED) is 0.276. The third kappa shape index (κ3) is 5.36. The standard InChI is InChI=1S/C18H20ClNO10/c1-8-14(27-9(2)21)16(28-10(3)22)18(30-15(8)17(23)26-4)29-13-6-5-11(19)7-12(13)20(24)25/h5-8,14-16,18H,1-4H3/t8-,14-,15-,16+,18+/m0/s1. The highest BCUT2D eigenvalue weighted by atomic mass is 35.5. The lowest BCUT2D eigenvalue weighted by Gasteiger charge is -2.42. The molecule has 1 fully saturated rings. The average Bonchev–Trinajstić information content (AvgIpc) is 2.66. The molecule has 1 aromatic carbocycles. The molecule has 0 unspecified atom stereocenters. The Hall–Kier alpha value is -2.92. The summed E-state index contributed by atoms with van der Waals surface area (Å²) in [6.45, 7) is 3.79. The number of carbonyl (C=O) groups is 3. The van der Waals surface area contributed by atoms with E-state index in [9.17, 15) is 24.5 Å². The van der Waals surface area contributed by atoms with Crippen molar-refractivity contribution in [2.75, 3.05) is 7.11 Å². The zero-order chi connectivity index (χ0) is 22.6. The molecular formula is C18H20ClNO10. The maximum Gasteiger partial charge on any atom is 0.335 e. The summed E-state index contributed by atoms with van der Waals surface area (Å²) in [6.07, 6.45) is -5.26. The van der Waals surface area contributed by atoms with Gasteiger partial charge in [-0.25, -0.2) is 4.79 Å². The number of hydrogen-bond donors (Lipinski definition) is 0. The average molecular weight is 446 g/mol. The Balaban J connectivity index is 2.49. The van der Waals surface area contributed by atoms with Crippen LogP contribution in [0.4, 0.5) is 5.69 Å². The summed E-state index contributed by atoms with van der Waals surface area (Å²) in [5, 5.41) is 11.4. The van der Waals surface area contributed by atoms with Crippen molar-refractivity contribution in [3.05, 3.63) is 33.3 Å². The summed E-state index contributed by atoms with van der Waals surface area (Å²) in [5.74, 6) is -3.29. The Morgan fingerprint density at radius 3 is 2.27 bits per heavy atom. The van der Waals surface area contributed by atoms with Crippen LogP contribution in [0.25, 0.3) is 0 Å². The summed E-state index contributed by atoms with van der Waals surface area (Å²) < 4.78 is 26.4. The lowest BCUT2D eigenvalue weighted by atomic mass is 9.90. The SMILES string of the molecule is COC(=O)[C@H]1O[C@@H](Oc2ccc(Cl)cc2[N+](=O)[O-])[C@H](OC(C)=O)[C@@H](OC(C)=O)[C@@H]1C. The molecule has 164 valence electrons. The predicted octanol–water partition coefficient (Wildman–Crippen LogP) is 2.02. The number of halogens is 1. The number of esters is 3. The van der Waals surface area contributed by atoms with Crippen molar-refractivity contribution in [1.29, 1.82) is 0 Å². The molecule has 0 aromatic heterocycles. The van der Waals surface area contributed by atoms with Crippen LogP contribution in [0.3, 0.4) is 0 Å². The first-order valence-corrected chi connectivity index (χ1v) is 9.11. The molecular weight excluding hydrogens is 426 g/mol. The number of rotatable bonds is 6. The van der Waals surface area contributed by atoms with Crippen LogP contribution >= 0.6 is 11.6 Å². The number of nitro benzene ring substituents is 1. The summed E-state index contributed by atoms with van der Waals surface area (Å²) in [5.41, 5.74) is -0.482. The van der Waals surface area contributed by atoms with Crippen LogP contribution in [-0.2, 0) is 33.3 Å². The number of methoxy groups -OCH3 is 1. The number of benzene rings is 1. The van der Waals surface area contributed by atoms with Gasteiger partial charge in [-0.3, -0.25) is 19.7 Å². The lowest BCUT2D eigenvalue weighted by molar-refractivity contribution is -0.387. The van der Waals surface area contributed by atoms with Gasteiger partial charge in [-0.15, -0.1) is 0 Å². The predicted molar refractivity (Wildman–Crippen MR) is 99.7 cm³/mol. The van der Waals surface area contributed by atoms with E-state index in [1.54, 1.807) is 0 Å². The van der Waals surface area contributed by atoms with Gasteiger partial charge in [0.1, 0.15) is 0 Å². The van der Waals surface area contributed by atoms with E-state index in [1.165, 1.54) is 19.1 Å². The third-order valence-corrected chi connectivity index (χ3v) is 4.50. The molecule has 1 saturated heterocycles. The fraction of sp³-hybridized carbons (Fsp3) is 0.500. The Labute approximate surface area is 176 Å². The molecule has 0 bridgehead atoms. The van der Waals surface area contributed by atoms with Crippen LogP contribution in [0.2, 0.25) is 5.02 Å². The van der Waals surface area contributed by atoms with E-state index in [0.29, 0.717) is 0 Å². The molecule has 11 nitrogen and oxygen atoms in total. The van der Waals surface area contributed by atoms with E-state index in [2.05, 4.69) is 0 Å². The van der Waals surface area contributed by atoms with Crippen molar-refractivity contribution < 1.29 is 43.0 Å². The summed E-state index contributed by atoms with van der Waals surface area (Å²) in [6, 6.07) is 3.63. The molecule has 0 spiro atoms. The number of ether oxygens (including phenoxy) is 5. The fourth-order valence-corrected chi connectivity index (χ4v) is 3.16. The highest BCUT2D eigenvalue weighted by Crippen LogP contribution is 2.36. The largest absolute Gasteiger partial charge is 0.467 e. The van der Waals surface area contributed by atoms with Crippen molar-refractivity contribution >= 4 is 35.2 Å². The van der Waals surface area contributed by atoms with Gasteiger partial charge in [0.2, 0.25) is 18.1 Å². The molecule has 0 amide bonds. The Morgan fingerprint density at radius 2 is 1.73 bits per heavy atom. The van der Waals surface area contributed by atoms with Gasteiger partial charge in [0.05, 0.1) is 12.0 Å². The van der Waals surface area contributed by atoms with Crippen molar-refractivity contribution in [2.45, 2.75) is 45.4 Å². The second-order valence-electron chi connectivity index (χ2n) is 6.44. The zero-order valence-electron chi connectivity index (χ0n) is 16.5. The molecule has 12 heteroatoms. The molecule has 1 aliphatic heterocycles. The summed E-state index contributed by atoms with van der Waals surface area (Å²) >= 11 is 5.80. The first-order valence-electron chi connectivity index (χ1n) is 8.73. The number of hydrogen-bond acceptors (Lipinski definition) is 10. The highest BCUT2D eigenvalue weighted by Gasteiger charge is 2.52. The van der Waals surface area contributed by atoms with Gasteiger partial charge < -0.3 is 23.7 Å². The monoisotopic (exact) mass is 445 g/mol. The minimum Gasteiger partial charge on any atom is -0.467 e. The third-order valence-electron chi connectivity index (χ3n) is 4.27. The fourth-order valence-electron chi connectivity index (χ4n) is 2.99. The summed E-state index contributed by atoms with van der Waals surface area (Å²) in [7, 11) is 1.14. The number of carbonyl (C=O) groups excluding carboxylic acids is 3. The molecule has 0 N–H and O–H groups in total. The molecule has 1 aromatic rings. The molecule has 0 aliphatic carbocycles. The normalized spacial score (nSPS) is 25.7. The van der Waals surface area contributed by atoms with Gasteiger partial charge in [0.25, 0.3) is 0 Å². The first-order chi connectivity index (χ1) is 14.0. The van der Waals surface area contributed by atoms with Gasteiger partial charge in [-0.05, 0) is 12.1 Å². The van der Waals surface area contributed by atoms with Crippen LogP contribution < -0.4 is 4.74 Å². The molecule has 0 radical (unpaired) electrons. The second-order valence-corrected chi connectivity index (χ2v) is 6.88. The molecule has 1 heterocycles. The van der Waals surface area contributed by atoms with E-state index in [4.69, 9.17) is 35.3 Å². The topological polar surface area (TPSA) is 141 Å². The first kappa shape index (κ1) is 23.4. The van der Waals surface area contributed by atoms with Gasteiger partial charge >= 0.3 is 23.6 Å². The minimum atomic E-state index is -1.53. The van der Waals surface area contributed by atoms with Crippen LogP contribution in [-0.4, -0.2) is 54.5 Å². The van der Waals surface area contributed by atoms with Gasteiger partial charge in [0.15, 0.2) is 12.2 Å². The van der Waals surface area contributed by atoms with Crippen molar-refractivity contribution in [3.63, 3.8) is 0 Å². The van der Waals surface area contributed by atoms with Crippen molar-refractivity contribution in [3.8, 4) is 5.75 Å².